The first-order valence-electron chi connectivity index (χ1n) is 6.39. The largest absolute Gasteiger partial charge is 0.496 e. The van der Waals surface area contributed by atoms with E-state index in [4.69, 9.17) is 20.9 Å². The molecular formula is C14H18N4O2S. The third-order valence-corrected chi connectivity index (χ3v) is 3.30. The molecule has 7 heteroatoms. The second-order valence-electron chi connectivity index (χ2n) is 4.80. The Morgan fingerprint density at radius 2 is 1.86 bits per heavy atom. The van der Waals surface area contributed by atoms with E-state index in [1.807, 2.05) is 6.07 Å². The van der Waals surface area contributed by atoms with Crippen LogP contribution in [-0.4, -0.2) is 17.1 Å². The zero-order valence-electron chi connectivity index (χ0n) is 12.1. The molecule has 112 valence electrons. The third kappa shape index (κ3) is 3.30. The molecule has 2 rings (SSSR count). The van der Waals surface area contributed by atoms with E-state index in [1.165, 1.54) is 6.20 Å². The van der Waals surface area contributed by atoms with Gasteiger partial charge in [-0.2, -0.15) is 4.98 Å². The van der Waals surface area contributed by atoms with Gasteiger partial charge in [-0.3, -0.25) is 0 Å². The molecule has 0 fully saturated rings. The van der Waals surface area contributed by atoms with Crippen molar-refractivity contribution in [3.05, 3.63) is 23.9 Å². The topological polar surface area (TPSA) is 96.3 Å². The van der Waals surface area contributed by atoms with Gasteiger partial charge in [0, 0.05) is 10.5 Å². The Labute approximate surface area is 128 Å². The molecule has 0 amide bonds. The van der Waals surface area contributed by atoms with Gasteiger partial charge in [0.2, 0.25) is 5.95 Å². The summed E-state index contributed by atoms with van der Waals surface area (Å²) in [5.74, 6) is 2.21. The second-order valence-corrected chi connectivity index (χ2v) is 5.28. The SMILES string of the molecule is COc1cc(C(C)C)c(Oc2cnc(N)nc2N)cc1S. The van der Waals surface area contributed by atoms with Crippen molar-refractivity contribution >= 4 is 24.4 Å². The molecule has 4 N–H and O–H groups in total. The lowest BCUT2D eigenvalue weighted by Crippen LogP contribution is -2.03. The summed E-state index contributed by atoms with van der Waals surface area (Å²) in [6.07, 6.45) is 1.45. The van der Waals surface area contributed by atoms with Crippen molar-refractivity contribution in [3.8, 4) is 17.2 Å². The van der Waals surface area contributed by atoms with Gasteiger partial charge < -0.3 is 20.9 Å². The van der Waals surface area contributed by atoms with Crippen molar-refractivity contribution in [3.63, 3.8) is 0 Å². The standard InChI is InChI=1S/C14H18N4O2S/c1-7(2)8-4-10(19-3)12(21)5-9(8)20-11-6-17-14(16)18-13(11)15/h4-7,21H,1-3H3,(H4,15,16,17,18). The van der Waals surface area contributed by atoms with Gasteiger partial charge in [0.25, 0.3) is 0 Å². The molecule has 0 unspecified atom stereocenters. The van der Waals surface area contributed by atoms with Crippen molar-refractivity contribution in [2.45, 2.75) is 24.7 Å². The molecule has 6 nitrogen and oxygen atoms in total. The third-order valence-electron chi connectivity index (χ3n) is 2.95. The van der Waals surface area contributed by atoms with E-state index in [0.717, 1.165) is 5.56 Å². The summed E-state index contributed by atoms with van der Waals surface area (Å²) in [5, 5.41) is 0. The average molecular weight is 306 g/mol. The number of benzene rings is 1. The van der Waals surface area contributed by atoms with Crippen molar-refractivity contribution in [2.24, 2.45) is 0 Å². The minimum atomic E-state index is 0.105. The van der Waals surface area contributed by atoms with E-state index in [-0.39, 0.29) is 17.7 Å². The molecule has 0 saturated heterocycles. The van der Waals surface area contributed by atoms with E-state index in [0.29, 0.717) is 22.1 Å². The van der Waals surface area contributed by atoms with Crippen LogP contribution in [0.25, 0.3) is 0 Å². The Bertz CT molecular complexity index is 662. The average Bonchev–Trinajstić information content (AvgIpc) is 2.41. The fourth-order valence-electron chi connectivity index (χ4n) is 1.86. The molecule has 0 aliphatic heterocycles. The zero-order chi connectivity index (χ0) is 15.6. The van der Waals surface area contributed by atoms with Gasteiger partial charge in [0.15, 0.2) is 11.6 Å². The molecule has 0 spiro atoms. The van der Waals surface area contributed by atoms with Crippen molar-refractivity contribution in [2.75, 3.05) is 18.6 Å². The van der Waals surface area contributed by atoms with Crippen molar-refractivity contribution in [1.82, 2.24) is 9.97 Å². The molecule has 0 bridgehead atoms. The highest BCUT2D eigenvalue weighted by Crippen LogP contribution is 2.38. The summed E-state index contributed by atoms with van der Waals surface area (Å²) < 4.78 is 11.1. The molecule has 21 heavy (non-hydrogen) atoms. The highest BCUT2D eigenvalue weighted by atomic mass is 32.1. The molecular weight excluding hydrogens is 288 g/mol. The summed E-state index contributed by atoms with van der Waals surface area (Å²) in [6, 6.07) is 3.68. The number of ether oxygens (including phenoxy) is 2. The van der Waals surface area contributed by atoms with Gasteiger partial charge >= 0.3 is 0 Å². The van der Waals surface area contributed by atoms with Crippen LogP contribution >= 0.6 is 12.6 Å². The van der Waals surface area contributed by atoms with E-state index in [2.05, 4.69) is 36.4 Å². The molecule has 0 aliphatic carbocycles. The molecule has 2 aromatic rings. The number of nitrogen functional groups attached to an aromatic ring is 2. The highest BCUT2D eigenvalue weighted by molar-refractivity contribution is 7.80. The highest BCUT2D eigenvalue weighted by Gasteiger charge is 2.15. The first-order chi connectivity index (χ1) is 9.92. The number of anilines is 2. The first-order valence-corrected chi connectivity index (χ1v) is 6.83. The number of hydrogen-bond acceptors (Lipinski definition) is 7. The lowest BCUT2D eigenvalue weighted by atomic mass is 10.0. The first kappa shape index (κ1) is 15.2. The number of aromatic nitrogens is 2. The number of nitrogens with zero attached hydrogens (tertiary/aromatic N) is 2. The molecule has 1 heterocycles. The van der Waals surface area contributed by atoms with Gasteiger partial charge in [0.05, 0.1) is 13.3 Å². The number of rotatable bonds is 4. The van der Waals surface area contributed by atoms with Gasteiger partial charge in [-0.1, -0.05) is 13.8 Å². The van der Waals surface area contributed by atoms with E-state index >= 15 is 0 Å². The molecule has 0 radical (unpaired) electrons. The van der Waals surface area contributed by atoms with E-state index in [9.17, 15) is 0 Å². The molecule has 0 saturated carbocycles. The Balaban J connectivity index is 2.45. The molecule has 0 atom stereocenters. The number of thiol groups is 1. The van der Waals surface area contributed by atoms with Crippen LogP contribution in [-0.2, 0) is 0 Å². The lowest BCUT2D eigenvalue weighted by molar-refractivity contribution is 0.400. The van der Waals surface area contributed by atoms with Crippen molar-refractivity contribution < 1.29 is 9.47 Å². The summed E-state index contributed by atoms with van der Waals surface area (Å²) in [7, 11) is 1.60. The number of hydrogen-bond donors (Lipinski definition) is 3. The monoisotopic (exact) mass is 306 g/mol. The van der Waals surface area contributed by atoms with Crippen LogP contribution in [0.3, 0.4) is 0 Å². The van der Waals surface area contributed by atoms with Crippen molar-refractivity contribution in [1.29, 1.82) is 0 Å². The maximum absolute atomic E-state index is 5.83. The Kier molecular flexibility index (Phi) is 4.42. The Hall–Kier alpha value is -2.15. The summed E-state index contributed by atoms with van der Waals surface area (Å²) in [5.41, 5.74) is 12.2. The molecule has 0 aliphatic rings. The van der Waals surface area contributed by atoms with Crippen LogP contribution in [0.2, 0.25) is 0 Å². The Morgan fingerprint density at radius 1 is 1.14 bits per heavy atom. The van der Waals surface area contributed by atoms with E-state index < -0.39 is 0 Å². The van der Waals surface area contributed by atoms with Crippen LogP contribution in [0, 0.1) is 0 Å². The van der Waals surface area contributed by atoms with Crippen LogP contribution in [0.1, 0.15) is 25.3 Å². The number of nitrogens with two attached hydrogens (primary N) is 2. The second kappa shape index (κ2) is 6.09. The minimum absolute atomic E-state index is 0.105. The van der Waals surface area contributed by atoms with Gasteiger partial charge in [-0.15, -0.1) is 12.6 Å². The minimum Gasteiger partial charge on any atom is -0.496 e. The van der Waals surface area contributed by atoms with Crippen LogP contribution in [0.4, 0.5) is 11.8 Å². The zero-order valence-corrected chi connectivity index (χ0v) is 13.0. The maximum Gasteiger partial charge on any atom is 0.222 e. The normalized spacial score (nSPS) is 10.7. The van der Waals surface area contributed by atoms with E-state index in [1.54, 1.807) is 13.2 Å². The Morgan fingerprint density at radius 3 is 2.43 bits per heavy atom. The smallest absolute Gasteiger partial charge is 0.222 e. The van der Waals surface area contributed by atoms with Crippen LogP contribution in [0.15, 0.2) is 23.2 Å². The van der Waals surface area contributed by atoms with Gasteiger partial charge in [-0.05, 0) is 18.1 Å². The quantitative estimate of drug-likeness (QED) is 0.752. The van der Waals surface area contributed by atoms with Crippen LogP contribution < -0.4 is 20.9 Å². The molecule has 1 aromatic heterocycles. The lowest BCUT2D eigenvalue weighted by Gasteiger charge is -2.17. The maximum atomic E-state index is 5.83. The predicted molar refractivity (Wildman–Crippen MR) is 85.3 cm³/mol. The molecule has 1 aromatic carbocycles. The van der Waals surface area contributed by atoms with Gasteiger partial charge in [-0.25, -0.2) is 4.98 Å². The fraction of sp³-hybridized carbons (Fsp3) is 0.286. The predicted octanol–water partition coefficient (Wildman–Crippen LogP) is 2.85. The van der Waals surface area contributed by atoms with Crippen LogP contribution in [0.5, 0.6) is 17.2 Å². The van der Waals surface area contributed by atoms with Gasteiger partial charge in [0.1, 0.15) is 11.5 Å². The summed E-state index contributed by atoms with van der Waals surface area (Å²) in [6.45, 7) is 4.12. The summed E-state index contributed by atoms with van der Waals surface area (Å²) in [4.78, 5) is 8.43. The number of methoxy groups -OCH3 is 1. The summed E-state index contributed by atoms with van der Waals surface area (Å²) >= 11 is 4.38. The fourth-order valence-corrected chi connectivity index (χ4v) is 2.14.